The third kappa shape index (κ3) is 5.41. The number of anilines is 1. The van der Waals surface area contributed by atoms with Crippen molar-refractivity contribution < 1.29 is 9.47 Å². The van der Waals surface area contributed by atoms with Crippen molar-refractivity contribution in [3.63, 3.8) is 0 Å². The van der Waals surface area contributed by atoms with Crippen LogP contribution < -0.4 is 10.2 Å². The lowest BCUT2D eigenvalue weighted by Crippen LogP contribution is -2.46. The Labute approximate surface area is 174 Å². The average molecular weight is 402 g/mol. The number of hydrogen-bond donors (Lipinski definition) is 1. The van der Waals surface area contributed by atoms with Gasteiger partial charge in [-0.25, -0.2) is 4.99 Å². The molecule has 1 atom stereocenters. The van der Waals surface area contributed by atoms with Crippen LogP contribution in [-0.2, 0) is 16.0 Å². The van der Waals surface area contributed by atoms with Gasteiger partial charge < -0.3 is 24.6 Å². The summed E-state index contributed by atoms with van der Waals surface area (Å²) in [5.41, 5.74) is 2.53. The standard InChI is InChI=1S/C22H35N5O2/c1-2-23-22(27-8-7-21(18-27)26-11-15-29-16-12-26)24-17-19-3-5-20(6-4-19)25-9-13-28-14-10-25/h3-6,21H,2,7-18H2,1H3,(H,23,24). The Morgan fingerprint density at radius 2 is 1.69 bits per heavy atom. The smallest absolute Gasteiger partial charge is 0.194 e. The number of aliphatic imine (C=N–C) groups is 1. The molecule has 29 heavy (non-hydrogen) atoms. The fourth-order valence-corrected chi connectivity index (χ4v) is 4.40. The molecule has 7 heteroatoms. The number of benzene rings is 1. The van der Waals surface area contributed by atoms with Gasteiger partial charge in [0.05, 0.1) is 33.0 Å². The maximum Gasteiger partial charge on any atom is 0.194 e. The first kappa shape index (κ1) is 20.4. The van der Waals surface area contributed by atoms with E-state index < -0.39 is 0 Å². The van der Waals surface area contributed by atoms with E-state index in [4.69, 9.17) is 14.5 Å². The molecule has 0 bridgehead atoms. The van der Waals surface area contributed by atoms with Gasteiger partial charge in [-0.15, -0.1) is 0 Å². The molecule has 3 heterocycles. The predicted molar refractivity (Wildman–Crippen MR) is 117 cm³/mol. The summed E-state index contributed by atoms with van der Waals surface area (Å²) >= 11 is 0. The Hall–Kier alpha value is -1.83. The summed E-state index contributed by atoms with van der Waals surface area (Å²) in [6, 6.07) is 9.47. The highest BCUT2D eigenvalue weighted by Crippen LogP contribution is 2.19. The van der Waals surface area contributed by atoms with Crippen molar-refractivity contribution in [2.75, 3.05) is 77.1 Å². The van der Waals surface area contributed by atoms with Gasteiger partial charge in [-0.05, 0) is 31.0 Å². The SMILES string of the molecule is CCNC(=NCc1ccc(N2CCOCC2)cc1)N1CCC(N2CCOCC2)C1. The van der Waals surface area contributed by atoms with Gasteiger partial charge in [0, 0.05) is 57.5 Å². The van der Waals surface area contributed by atoms with Crippen molar-refractivity contribution in [1.82, 2.24) is 15.1 Å². The summed E-state index contributed by atoms with van der Waals surface area (Å²) < 4.78 is 11.0. The highest BCUT2D eigenvalue weighted by Gasteiger charge is 2.30. The van der Waals surface area contributed by atoms with Gasteiger partial charge >= 0.3 is 0 Å². The molecular weight excluding hydrogens is 366 g/mol. The summed E-state index contributed by atoms with van der Waals surface area (Å²) in [4.78, 5) is 12.3. The molecule has 7 nitrogen and oxygen atoms in total. The molecule has 3 fully saturated rings. The molecule has 1 N–H and O–H groups in total. The number of nitrogens with one attached hydrogen (secondary N) is 1. The van der Waals surface area contributed by atoms with Crippen molar-refractivity contribution >= 4 is 11.6 Å². The second kappa shape index (κ2) is 10.3. The van der Waals surface area contributed by atoms with Crippen LogP contribution in [0.15, 0.2) is 29.3 Å². The summed E-state index contributed by atoms with van der Waals surface area (Å²) in [6.45, 7) is 13.3. The maximum atomic E-state index is 5.51. The minimum atomic E-state index is 0.621. The molecule has 0 saturated carbocycles. The lowest BCUT2D eigenvalue weighted by Gasteiger charge is -2.32. The van der Waals surface area contributed by atoms with E-state index in [0.29, 0.717) is 12.6 Å². The Balaban J connectivity index is 1.34. The fraction of sp³-hybridized carbons (Fsp3) is 0.682. The van der Waals surface area contributed by atoms with Gasteiger partial charge in [0.15, 0.2) is 5.96 Å². The minimum absolute atomic E-state index is 0.621. The number of guanidine groups is 1. The summed E-state index contributed by atoms with van der Waals surface area (Å²) in [5, 5.41) is 3.49. The van der Waals surface area contributed by atoms with Crippen LogP contribution in [0.2, 0.25) is 0 Å². The number of ether oxygens (including phenoxy) is 2. The molecule has 3 saturated heterocycles. The first-order chi connectivity index (χ1) is 14.3. The van der Waals surface area contributed by atoms with Gasteiger partial charge in [0.25, 0.3) is 0 Å². The third-order valence-electron chi connectivity index (χ3n) is 6.08. The average Bonchev–Trinajstić information content (AvgIpc) is 3.28. The van der Waals surface area contributed by atoms with Crippen LogP contribution in [0.5, 0.6) is 0 Å². The van der Waals surface area contributed by atoms with E-state index in [1.165, 1.54) is 17.7 Å². The third-order valence-corrected chi connectivity index (χ3v) is 6.08. The van der Waals surface area contributed by atoms with E-state index in [9.17, 15) is 0 Å². The number of hydrogen-bond acceptors (Lipinski definition) is 5. The van der Waals surface area contributed by atoms with Crippen molar-refractivity contribution in [2.24, 2.45) is 4.99 Å². The van der Waals surface area contributed by atoms with E-state index in [-0.39, 0.29) is 0 Å². The molecular formula is C22H35N5O2. The van der Waals surface area contributed by atoms with Crippen LogP contribution in [0.25, 0.3) is 0 Å². The summed E-state index contributed by atoms with van der Waals surface area (Å²) in [5.74, 6) is 1.04. The minimum Gasteiger partial charge on any atom is -0.379 e. The maximum absolute atomic E-state index is 5.51. The first-order valence-corrected chi connectivity index (χ1v) is 11.1. The first-order valence-electron chi connectivity index (χ1n) is 11.1. The van der Waals surface area contributed by atoms with Crippen molar-refractivity contribution in [3.8, 4) is 0 Å². The van der Waals surface area contributed by atoms with Crippen LogP contribution in [0.1, 0.15) is 18.9 Å². The normalized spacial score (nSPS) is 24.2. The van der Waals surface area contributed by atoms with E-state index in [1.807, 2.05) is 0 Å². The molecule has 1 aromatic carbocycles. The second-order valence-electron chi connectivity index (χ2n) is 7.97. The second-order valence-corrected chi connectivity index (χ2v) is 7.97. The molecule has 3 aliphatic rings. The highest BCUT2D eigenvalue weighted by molar-refractivity contribution is 5.80. The van der Waals surface area contributed by atoms with E-state index in [1.54, 1.807) is 0 Å². The van der Waals surface area contributed by atoms with Gasteiger partial charge in [-0.1, -0.05) is 12.1 Å². The van der Waals surface area contributed by atoms with Crippen LogP contribution >= 0.6 is 0 Å². The topological polar surface area (TPSA) is 52.6 Å². The Morgan fingerprint density at radius 3 is 2.38 bits per heavy atom. The van der Waals surface area contributed by atoms with Crippen molar-refractivity contribution in [2.45, 2.75) is 25.9 Å². The Morgan fingerprint density at radius 1 is 1.00 bits per heavy atom. The molecule has 0 aromatic heterocycles. The van der Waals surface area contributed by atoms with Gasteiger partial charge in [-0.2, -0.15) is 0 Å². The molecule has 0 amide bonds. The van der Waals surface area contributed by atoms with E-state index in [2.05, 4.69) is 51.2 Å². The molecule has 3 aliphatic heterocycles. The number of likely N-dealkylation sites (tertiary alicyclic amines) is 1. The van der Waals surface area contributed by atoms with Crippen LogP contribution in [0.3, 0.4) is 0 Å². The Bertz CT molecular complexity index is 654. The number of nitrogens with zero attached hydrogens (tertiary/aromatic N) is 4. The zero-order chi connectivity index (χ0) is 19.9. The molecule has 0 aliphatic carbocycles. The predicted octanol–water partition coefficient (Wildman–Crippen LogP) is 1.40. The monoisotopic (exact) mass is 401 g/mol. The lowest BCUT2D eigenvalue weighted by molar-refractivity contribution is 0.0195. The van der Waals surface area contributed by atoms with Crippen LogP contribution in [0.4, 0.5) is 5.69 Å². The van der Waals surface area contributed by atoms with Gasteiger partial charge in [0.2, 0.25) is 0 Å². The van der Waals surface area contributed by atoms with Crippen LogP contribution in [-0.4, -0.2) is 94.0 Å². The molecule has 1 unspecified atom stereocenters. The lowest BCUT2D eigenvalue weighted by atomic mass is 10.2. The summed E-state index contributed by atoms with van der Waals surface area (Å²) in [7, 11) is 0. The number of morpholine rings is 2. The van der Waals surface area contributed by atoms with E-state index in [0.717, 1.165) is 78.2 Å². The quantitative estimate of drug-likeness (QED) is 0.595. The molecule has 4 rings (SSSR count). The van der Waals surface area contributed by atoms with Gasteiger partial charge in [-0.3, -0.25) is 4.90 Å². The fourth-order valence-electron chi connectivity index (χ4n) is 4.40. The highest BCUT2D eigenvalue weighted by atomic mass is 16.5. The van der Waals surface area contributed by atoms with Crippen molar-refractivity contribution in [3.05, 3.63) is 29.8 Å². The molecule has 0 spiro atoms. The molecule has 1 aromatic rings. The summed E-state index contributed by atoms with van der Waals surface area (Å²) in [6.07, 6.45) is 1.21. The van der Waals surface area contributed by atoms with Crippen LogP contribution in [0, 0.1) is 0 Å². The Kier molecular flexibility index (Phi) is 7.24. The van der Waals surface area contributed by atoms with Gasteiger partial charge in [0.1, 0.15) is 0 Å². The largest absolute Gasteiger partial charge is 0.379 e. The number of rotatable bonds is 5. The molecule has 160 valence electrons. The van der Waals surface area contributed by atoms with Crippen molar-refractivity contribution in [1.29, 1.82) is 0 Å². The zero-order valence-electron chi connectivity index (χ0n) is 17.7. The zero-order valence-corrected chi connectivity index (χ0v) is 17.7. The molecule has 0 radical (unpaired) electrons. The van der Waals surface area contributed by atoms with E-state index >= 15 is 0 Å².